The van der Waals surface area contributed by atoms with Crippen LogP contribution in [0.15, 0.2) is 15.9 Å². The van der Waals surface area contributed by atoms with E-state index < -0.39 is 37.2 Å². The van der Waals surface area contributed by atoms with Crippen molar-refractivity contribution in [3.63, 3.8) is 0 Å². The minimum atomic E-state index is -4.46. The number of methoxy groups -OCH3 is 1. The summed E-state index contributed by atoms with van der Waals surface area (Å²) in [5, 5.41) is 0. The summed E-state index contributed by atoms with van der Waals surface area (Å²) in [6, 6.07) is 0. The molecule has 90 valence electrons. The highest BCUT2D eigenvalue weighted by Crippen LogP contribution is 2.24. The number of alkyl halides is 2. The van der Waals surface area contributed by atoms with E-state index in [0.29, 0.717) is 6.20 Å². The van der Waals surface area contributed by atoms with Crippen LogP contribution in [0.1, 0.15) is 12.0 Å². The molecule has 0 saturated carbocycles. The largest absolute Gasteiger partial charge is 0.481 e. The lowest BCUT2D eigenvalue weighted by atomic mass is 10.3. The number of aromatic nitrogens is 1. The van der Waals surface area contributed by atoms with Crippen LogP contribution in [0.5, 0.6) is 5.88 Å². The summed E-state index contributed by atoms with van der Waals surface area (Å²) in [6.07, 6.45) is -2.43. The molecule has 1 N–H and O–H groups in total. The quantitative estimate of drug-likeness (QED) is 0.841. The summed E-state index contributed by atoms with van der Waals surface area (Å²) >= 11 is 0. The van der Waals surface area contributed by atoms with Gasteiger partial charge in [-0.1, -0.05) is 0 Å². The molecule has 0 aromatic carbocycles. The standard InChI is InChI=1S/C7H6ClF2NO4S/c1-15-7-5(16(8,13)14)4(12)3(2-11-7)6(9)10/h2,6H,1H3,(H,11,12). The molecule has 0 aliphatic heterocycles. The fraction of sp³-hybridized carbons (Fsp3) is 0.286. The number of pyridine rings is 1. The minimum Gasteiger partial charge on any atom is -0.481 e. The smallest absolute Gasteiger partial charge is 0.270 e. The van der Waals surface area contributed by atoms with Crippen LogP contribution >= 0.6 is 10.7 Å². The highest BCUT2D eigenvalue weighted by molar-refractivity contribution is 8.13. The highest BCUT2D eigenvalue weighted by Gasteiger charge is 2.26. The molecule has 0 fully saturated rings. The van der Waals surface area contributed by atoms with E-state index >= 15 is 0 Å². The van der Waals surface area contributed by atoms with E-state index in [4.69, 9.17) is 10.7 Å². The molecule has 16 heavy (non-hydrogen) atoms. The maximum Gasteiger partial charge on any atom is 0.270 e. The molecular weight excluding hydrogens is 268 g/mol. The zero-order valence-corrected chi connectivity index (χ0v) is 9.40. The van der Waals surface area contributed by atoms with Crippen LogP contribution in [0, 0.1) is 0 Å². The van der Waals surface area contributed by atoms with Crippen LogP contribution in [0.2, 0.25) is 0 Å². The molecule has 1 aromatic heterocycles. The first-order valence-corrected chi connectivity index (χ1v) is 6.12. The van der Waals surface area contributed by atoms with Crippen molar-refractivity contribution >= 4 is 19.7 Å². The van der Waals surface area contributed by atoms with Gasteiger partial charge in [-0.15, -0.1) is 0 Å². The summed E-state index contributed by atoms with van der Waals surface area (Å²) in [5.74, 6) is -0.482. The third-order valence-corrected chi connectivity index (χ3v) is 3.04. The molecule has 5 nitrogen and oxygen atoms in total. The lowest BCUT2D eigenvalue weighted by molar-refractivity contribution is 0.149. The molecule has 1 aromatic rings. The fourth-order valence-electron chi connectivity index (χ4n) is 1.04. The van der Waals surface area contributed by atoms with Gasteiger partial charge in [0.15, 0.2) is 4.90 Å². The Morgan fingerprint density at radius 3 is 2.44 bits per heavy atom. The van der Waals surface area contributed by atoms with Gasteiger partial charge >= 0.3 is 0 Å². The highest BCUT2D eigenvalue weighted by atomic mass is 35.7. The Bertz CT molecular complexity index is 554. The first-order valence-electron chi connectivity index (χ1n) is 3.81. The molecule has 0 radical (unpaired) electrons. The van der Waals surface area contributed by atoms with E-state index in [1.807, 2.05) is 0 Å². The van der Waals surface area contributed by atoms with Gasteiger partial charge in [0.25, 0.3) is 15.5 Å². The number of ether oxygens (including phenoxy) is 1. The first-order chi connectivity index (χ1) is 7.29. The summed E-state index contributed by atoms with van der Waals surface area (Å²) < 4.78 is 51.2. The van der Waals surface area contributed by atoms with Crippen molar-refractivity contribution in [3.05, 3.63) is 22.0 Å². The van der Waals surface area contributed by atoms with Crippen LogP contribution in [0.3, 0.4) is 0 Å². The van der Waals surface area contributed by atoms with E-state index in [1.165, 1.54) is 0 Å². The van der Waals surface area contributed by atoms with Gasteiger partial charge in [-0.05, 0) is 0 Å². The van der Waals surface area contributed by atoms with Crippen molar-refractivity contribution < 1.29 is 21.9 Å². The number of hydrogen-bond donors (Lipinski definition) is 1. The second kappa shape index (κ2) is 4.38. The Morgan fingerprint density at radius 2 is 2.06 bits per heavy atom. The zero-order valence-electron chi connectivity index (χ0n) is 7.83. The van der Waals surface area contributed by atoms with Gasteiger partial charge in [0.1, 0.15) is 0 Å². The fourth-order valence-corrected chi connectivity index (χ4v) is 2.17. The van der Waals surface area contributed by atoms with Gasteiger partial charge in [0, 0.05) is 16.9 Å². The summed E-state index contributed by atoms with van der Waals surface area (Å²) in [7, 11) is 1.56. The van der Waals surface area contributed by atoms with Crippen LogP contribution < -0.4 is 10.2 Å². The van der Waals surface area contributed by atoms with Gasteiger partial charge in [0.2, 0.25) is 11.3 Å². The number of aromatic amines is 1. The molecule has 0 spiro atoms. The molecule has 0 amide bonds. The first kappa shape index (κ1) is 12.9. The monoisotopic (exact) mass is 273 g/mol. The van der Waals surface area contributed by atoms with Gasteiger partial charge in [-0.3, -0.25) is 4.79 Å². The van der Waals surface area contributed by atoms with E-state index in [2.05, 4.69) is 9.72 Å². The maximum atomic E-state index is 12.3. The van der Waals surface area contributed by atoms with Gasteiger partial charge < -0.3 is 9.72 Å². The van der Waals surface area contributed by atoms with E-state index in [9.17, 15) is 22.0 Å². The molecule has 0 aliphatic carbocycles. The molecule has 0 bridgehead atoms. The average molecular weight is 274 g/mol. The number of hydrogen-bond acceptors (Lipinski definition) is 4. The summed E-state index contributed by atoms with van der Waals surface area (Å²) in [4.78, 5) is 12.5. The predicted octanol–water partition coefficient (Wildman–Crippen LogP) is 1.25. The molecule has 0 saturated heterocycles. The predicted molar refractivity (Wildman–Crippen MR) is 51.6 cm³/mol. The molecule has 0 atom stereocenters. The summed E-state index contributed by atoms with van der Waals surface area (Å²) in [5.41, 5.74) is -2.36. The second-order valence-electron chi connectivity index (χ2n) is 2.67. The van der Waals surface area contributed by atoms with Crippen LogP contribution in [-0.4, -0.2) is 20.5 Å². The van der Waals surface area contributed by atoms with Crippen molar-refractivity contribution in [2.24, 2.45) is 0 Å². The van der Waals surface area contributed by atoms with Gasteiger partial charge in [0.05, 0.1) is 12.7 Å². The molecule has 9 heteroatoms. The number of nitrogens with one attached hydrogen (secondary N) is 1. The number of H-pyrrole nitrogens is 1. The lowest BCUT2D eigenvalue weighted by Gasteiger charge is -2.06. The van der Waals surface area contributed by atoms with E-state index in [-0.39, 0.29) is 0 Å². The minimum absolute atomic E-state index is 0.482. The van der Waals surface area contributed by atoms with E-state index in [1.54, 1.807) is 0 Å². The third kappa shape index (κ3) is 2.33. The Kier molecular flexibility index (Phi) is 3.54. The van der Waals surface area contributed by atoms with Gasteiger partial charge in [-0.25, -0.2) is 17.2 Å². The molecule has 0 aliphatic rings. The van der Waals surface area contributed by atoms with Crippen LogP contribution in [-0.2, 0) is 9.05 Å². The Hall–Kier alpha value is -1.15. The molecule has 1 heterocycles. The van der Waals surface area contributed by atoms with E-state index in [0.717, 1.165) is 7.11 Å². The zero-order chi connectivity index (χ0) is 12.5. The molecular formula is C7H6ClF2NO4S. The third-order valence-electron chi connectivity index (χ3n) is 1.72. The topological polar surface area (TPSA) is 76.2 Å². The van der Waals surface area contributed by atoms with Crippen molar-refractivity contribution in [3.8, 4) is 5.88 Å². The second-order valence-corrected chi connectivity index (χ2v) is 5.18. The Labute approximate surface area is 93.4 Å². The normalized spacial score (nSPS) is 11.8. The lowest BCUT2D eigenvalue weighted by Crippen LogP contribution is -2.18. The van der Waals surface area contributed by atoms with Crippen molar-refractivity contribution in [1.29, 1.82) is 0 Å². The molecule has 1 rings (SSSR count). The number of rotatable bonds is 3. The maximum absolute atomic E-state index is 12.3. The van der Waals surface area contributed by atoms with Crippen LogP contribution in [0.4, 0.5) is 8.78 Å². The van der Waals surface area contributed by atoms with Gasteiger partial charge in [-0.2, -0.15) is 0 Å². The average Bonchev–Trinajstić information content (AvgIpc) is 2.14. The Balaban J connectivity index is 3.68. The van der Waals surface area contributed by atoms with Crippen molar-refractivity contribution in [1.82, 2.24) is 4.98 Å². The van der Waals surface area contributed by atoms with Crippen molar-refractivity contribution in [2.45, 2.75) is 11.3 Å². The van der Waals surface area contributed by atoms with Crippen LogP contribution in [0.25, 0.3) is 0 Å². The Morgan fingerprint density at radius 1 is 1.50 bits per heavy atom. The molecule has 0 unspecified atom stereocenters. The number of halogens is 3. The SMILES string of the molecule is COc1[nH]cc(C(F)F)c(=O)c1S(=O)(=O)Cl. The van der Waals surface area contributed by atoms with Crippen molar-refractivity contribution in [2.75, 3.05) is 7.11 Å². The summed E-state index contributed by atoms with van der Waals surface area (Å²) in [6.45, 7) is 0.